The van der Waals surface area contributed by atoms with Gasteiger partial charge in [-0.25, -0.2) is 9.69 Å². The van der Waals surface area contributed by atoms with Crippen molar-refractivity contribution in [2.45, 2.75) is 0 Å². The molecule has 5 nitrogen and oxygen atoms in total. The number of rotatable bonds is 3. The molecule has 0 saturated carbocycles. The van der Waals surface area contributed by atoms with Gasteiger partial charge in [-0.3, -0.25) is 14.9 Å². The number of amides is 4. The van der Waals surface area contributed by atoms with Gasteiger partial charge in [0.1, 0.15) is 5.57 Å². The van der Waals surface area contributed by atoms with Gasteiger partial charge in [-0.05, 0) is 35.9 Å². The number of nitrogens with zero attached hydrogens (tertiary/aromatic N) is 1. The van der Waals surface area contributed by atoms with E-state index in [2.05, 4.69) is 21.2 Å². The summed E-state index contributed by atoms with van der Waals surface area (Å²) >= 11 is 3.30. The first kappa shape index (κ1) is 16.9. The van der Waals surface area contributed by atoms with E-state index in [1.165, 1.54) is 6.08 Å². The normalized spacial score (nSPS) is 16.6. The Morgan fingerprint density at radius 3 is 2.28 bits per heavy atom. The summed E-state index contributed by atoms with van der Waals surface area (Å²) in [5.41, 5.74) is 1.22. The Labute approximate surface area is 152 Å². The molecule has 1 aliphatic heterocycles. The van der Waals surface area contributed by atoms with Crippen LogP contribution in [0.25, 0.3) is 6.08 Å². The molecule has 124 valence electrons. The number of allylic oxidation sites excluding steroid dienone is 2. The minimum absolute atomic E-state index is 0.102. The highest BCUT2D eigenvalue weighted by Crippen LogP contribution is 2.22. The van der Waals surface area contributed by atoms with Crippen molar-refractivity contribution in [2.75, 3.05) is 4.90 Å². The molecule has 1 N–H and O–H groups in total. The van der Waals surface area contributed by atoms with Crippen LogP contribution in [-0.4, -0.2) is 17.8 Å². The number of carbonyl (C=O) groups is 3. The van der Waals surface area contributed by atoms with Gasteiger partial charge in [0, 0.05) is 4.47 Å². The molecule has 0 aliphatic carbocycles. The van der Waals surface area contributed by atoms with Gasteiger partial charge in [-0.2, -0.15) is 0 Å². The highest BCUT2D eigenvalue weighted by Gasteiger charge is 2.36. The van der Waals surface area contributed by atoms with Crippen molar-refractivity contribution in [3.05, 3.63) is 82.4 Å². The van der Waals surface area contributed by atoms with Crippen LogP contribution >= 0.6 is 15.9 Å². The second kappa shape index (κ2) is 7.27. The molecular formula is C19H13BrN2O3. The van der Waals surface area contributed by atoms with Gasteiger partial charge in [0.25, 0.3) is 11.8 Å². The highest BCUT2D eigenvalue weighted by atomic mass is 79.9. The molecule has 0 aromatic heterocycles. The number of urea groups is 1. The van der Waals surface area contributed by atoms with Crippen LogP contribution in [0.3, 0.4) is 0 Å². The van der Waals surface area contributed by atoms with E-state index in [1.54, 1.807) is 36.4 Å². The lowest BCUT2D eigenvalue weighted by Crippen LogP contribution is -2.54. The third kappa shape index (κ3) is 3.75. The number of carbonyl (C=O) groups excluding carboxylic acids is 3. The first-order valence-corrected chi connectivity index (χ1v) is 8.24. The topological polar surface area (TPSA) is 66.5 Å². The monoisotopic (exact) mass is 396 g/mol. The summed E-state index contributed by atoms with van der Waals surface area (Å²) in [6.45, 7) is 0. The van der Waals surface area contributed by atoms with E-state index >= 15 is 0 Å². The zero-order chi connectivity index (χ0) is 17.8. The molecule has 4 amide bonds. The van der Waals surface area contributed by atoms with Gasteiger partial charge in [0.05, 0.1) is 5.69 Å². The second-order valence-corrected chi connectivity index (χ2v) is 6.14. The van der Waals surface area contributed by atoms with Crippen LogP contribution in [0.2, 0.25) is 0 Å². The average molecular weight is 397 g/mol. The van der Waals surface area contributed by atoms with Gasteiger partial charge in [-0.1, -0.05) is 58.4 Å². The smallest absolute Gasteiger partial charge is 0.273 e. The van der Waals surface area contributed by atoms with Crippen molar-refractivity contribution in [2.24, 2.45) is 0 Å². The SMILES string of the molecule is O=C1NC(=O)N(c2ccc(Br)cc2)C(=O)/C1=C\C=C\c1ccccc1. The van der Waals surface area contributed by atoms with Crippen LogP contribution < -0.4 is 10.2 Å². The van der Waals surface area contributed by atoms with Gasteiger partial charge < -0.3 is 0 Å². The Morgan fingerprint density at radius 1 is 0.920 bits per heavy atom. The Kier molecular flexibility index (Phi) is 4.90. The number of halogens is 1. The second-order valence-electron chi connectivity index (χ2n) is 5.23. The van der Waals surface area contributed by atoms with Crippen LogP contribution in [0, 0.1) is 0 Å². The molecule has 1 heterocycles. The van der Waals surface area contributed by atoms with Crippen molar-refractivity contribution in [3.8, 4) is 0 Å². The van der Waals surface area contributed by atoms with Crippen LogP contribution in [0.5, 0.6) is 0 Å². The van der Waals surface area contributed by atoms with E-state index in [1.807, 2.05) is 30.3 Å². The molecule has 3 rings (SSSR count). The number of benzene rings is 2. The van der Waals surface area contributed by atoms with Crippen LogP contribution in [0.1, 0.15) is 5.56 Å². The molecule has 6 heteroatoms. The number of barbiturate groups is 1. The fraction of sp³-hybridized carbons (Fsp3) is 0. The Hall–Kier alpha value is -2.99. The maximum atomic E-state index is 12.6. The zero-order valence-electron chi connectivity index (χ0n) is 13.0. The predicted octanol–water partition coefficient (Wildman–Crippen LogP) is 3.67. The molecule has 1 aliphatic rings. The van der Waals surface area contributed by atoms with Gasteiger partial charge in [0.15, 0.2) is 0 Å². The summed E-state index contributed by atoms with van der Waals surface area (Å²) in [5.74, 6) is -1.37. The Balaban J connectivity index is 1.88. The third-order valence-corrected chi connectivity index (χ3v) is 4.07. The maximum Gasteiger partial charge on any atom is 0.335 e. The lowest BCUT2D eigenvalue weighted by atomic mass is 10.1. The fourth-order valence-electron chi connectivity index (χ4n) is 2.32. The molecule has 2 aromatic carbocycles. The summed E-state index contributed by atoms with van der Waals surface area (Å²) in [7, 11) is 0. The molecular weight excluding hydrogens is 384 g/mol. The lowest BCUT2D eigenvalue weighted by molar-refractivity contribution is -0.122. The Morgan fingerprint density at radius 2 is 1.60 bits per heavy atom. The Bertz CT molecular complexity index is 887. The molecule has 0 unspecified atom stereocenters. The van der Waals surface area contributed by atoms with E-state index in [4.69, 9.17) is 0 Å². The summed E-state index contributed by atoms with van der Waals surface area (Å²) in [5, 5.41) is 2.18. The average Bonchev–Trinajstić information content (AvgIpc) is 2.60. The number of hydrogen-bond acceptors (Lipinski definition) is 3. The standard InChI is InChI=1S/C19H13BrN2O3/c20-14-9-11-15(12-10-14)22-18(24)16(17(23)21-19(22)25)8-4-7-13-5-2-1-3-6-13/h1-12H,(H,21,23,25)/b7-4+,16-8-. The molecule has 2 aromatic rings. The lowest BCUT2D eigenvalue weighted by Gasteiger charge is -2.26. The van der Waals surface area contributed by atoms with Crippen LogP contribution in [0.15, 0.2) is 76.8 Å². The van der Waals surface area contributed by atoms with Crippen LogP contribution in [0.4, 0.5) is 10.5 Å². The van der Waals surface area contributed by atoms with Gasteiger partial charge >= 0.3 is 6.03 Å². The van der Waals surface area contributed by atoms with Crippen molar-refractivity contribution < 1.29 is 14.4 Å². The predicted molar refractivity (Wildman–Crippen MR) is 98.7 cm³/mol. The van der Waals surface area contributed by atoms with Crippen molar-refractivity contribution in [1.29, 1.82) is 0 Å². The summed E-state index contributed by atoms with van der Waals surface area (Å²) in [6.07, 6.45) is 4.79. The molecule has 0 atom stereocenters. The number of nitrogens with one attached hydrogen (secondary N) is 1. The largest absolute Gasteiger partial charge is 0.335 e. The van der Waals surface area contributed by atoms with Crippen molar-refractivity contribution >= 4 is 45.5 Å². The van der Waals surface area contributed by atoms with E-state index in [0.717, 1.165) is 14.9 Å². The first-order valence-electron chi connectivity index (χ1n) is 7.45. The van der Waals surface area contributed by atoms with E-state index in [9.17, 15) is 14.4 Å². The van der Waals surface area contributed by atoms with Gasteiger partial charge in [0.2, 0.25) is 0 Å². The number of hydrogen-bond donors (Lipinski definition) is 1. The molecule has 0 radical (unpaired) electrons. The number of imide groups is 2. The summed E-state index contributed by atoms with van der Waals surface area (Å²) < 4.78 is 0.818. The number of anilines is 1. The molecule has 1 fully saturated rings. The van der Waals surface area contributed by atoms with E-state index in [0.29, 0.717) is 5.69 Å². The molecule has 0 bridgehead atoms. The van der Waals surface area contributed by atoms with Gasteiger partial charge in [-0.15, -0.1) is 0 Å². The minimum Gasteiger partial charge on any atom is -0.273 e. The highest BCUT2D eigenvalue weighted by molar-refractivity contribution is 9.10. The molecule has 1 saturated heterocycles. The molecule has 25 heavy (non-hydrogen) atoms. The quantitative estimate of drug-likeness (QED) is 0.635. The molecule has 0 spiro atoms. The van der Waals surface area contributed by atoms with Crippen molar-refractivity contribution in [1.82, 2.24) is 5.32 Å². The maximum absolute atomic E-state index is 12.6. The summed E-state index contributed by atoms with van der Waals surface area (Å²) in [4.78, 5) is 37.6. The van der Waals surface area contributed by atoms with Crippen molar-refractivity contribution in [3.63, 3.8) is 0 Å². The first-order chi connectivity index (χ1) is 12.1. The fourth-order valence-corrected chi connectivity index (χ4v) is 2.59. The van der Waals surface area contributed by atoms with E-state index < -0.39 is 17.8 Å². The van der Waals surface area contributed by atoms with E-state index in [-0.39, 0.29) is 5.57 Å². The zero-order valence-corrected chi connectivity index (χ0v) is 14.6. The van der Waals surface area contributed by atoms with Crippen LogP contribution in [-0.2, 0) is 9.59 Å². The minimum atomic E-state index is -0.762. The third-order valence-electron chi connectivity index (χ3n) is 3.54. The summed E-state index contributed by atoms with van der Waals surface area (Å²) in [6, 6.07) is 15.4.